The first-order valence-electron chi connectivity index (χ1n) is 5.45. The largest absolute Gasteiger partial charge is 0.323 e. The molecule has 98 valence electrons. The van der Waals surface area contributed by atoms with Crippen molar-refractivity contribution in [1.82, 2.24) is 15.4 Å². The van der Waals surface area contributed by atoms with Crippen molar-refractivity contribution in [2.24, 2.45) is 0 Å². The molecular formula is C12H12N4O2S. The smallest absolute Gasteiger partial charge is 0.247 e. The van der Waals surface area contributed by atoms with Crippen LogP contribution in [-0.4, -0.2) is 25.5 Å². The van der Waals surface area contributed by atoms with Gasteiger partial charge in [-0.3, -0.25) is 9.00 Å². The highest BCUT2D eigenvalue weighted by molar-refractivity contribution is 7.84. The molecule has 2 N–H and O–H groups in total. The number of nitrogens with zero attached hydrogens (tertiary/aromatic N) is 2. The van der Waals surface area contributed by atoms with Crippen molar-refractivity contribution < 1.29 is 9.00 Å². The molecule has 1 amide bonds. The van der Waals surface area contributed by atoms with Gasteiger partial charge in [0.05, 0.1) is 22.7 Å². The van der Waals surface area contributed by atoms with E-state index < -0.39 is 10.8 Å². The van der Waals surface area contributed by atoms with Crippen molar-refractivity contribution in [2.75, 3.05) is 5.32 Å². The van der Waals surface area contributed by atoms with Crippen LogP contribution in [0, 0.1) is 0 Å². The highest BCUT2D eigenvalue weighted by Crippen LogP contribution is 2.13. The summed E-state index contributed by atoms with van der Waals surface area (Å²) in [4.78, 5) is 11.1. The fourth-order valence-corrected chi connectivity index (χ4v) is 2.36. The third-order valence-electron chi connectivity index (χ3n) is 2.33. The minimum absolute atomic E-state index is 0.265. The van der Waals surface area contributed by atoms with Crippen LogP contribution in [0.15, 0.2) is 48.1 Å². The van der Waals surface area contributed by atoms with Crippen molar-refractivity contribution in [1.29, 1.82) is 0 Å². The first-order valence-corrected chi connectivity index (χ1v) is 6.77. The van der Waals surface area contributed by atoms with E-state index in [1.165, 1.54) is 12.3 Å². The summed E-state index contributed by atoms with van der Waals surface area (Å²) in [7, 11) is -1.23. The van der Waals surface area contributed by atoms with E-state index in [1.54, 1.807) is 24.3 Å². The summed E-state index contributed by atoms with van der Waals surface area (Å²) in [6.07, 6.45) is 2.64. The van der Waals surface area contributed by atoms with Gasteiger partial charge in [-0.05, 0) is 23.8 Å². The van der Waals surface area contributed by atoms with Crippen LogP contribution >= 0.6 is 0 Å². The Morgan fingerprint density at radius 1 is 1.42 bits per heavy atom. The second-order valence-electron chi connectivity index (χ2n) is 3.69. The Morgan fingerprint density at radius 2 is 2.16 bits per heavy atom. The highest BCUT2D eigenvalue weighted by atomic mass is 32.2. The first-order chi connectivity index (χ1) is 9.19. The molecule has 1 heterocycles. The number of anilines is 1. The number of aromatic nitrogens is 3. The molecule has 2 aromatic rings. The Kier molecular flexibility index (Phi) is 4.19. The maximum atomic E-state index is 11.9. The lowest BCUT2D eigenvalue weighted by Gasteiger charge is -2.04. The topological polar surface area (TPSA) is 87.7 Å². The van der Waals surface area contributed by atoms with E-state index in [4.69, 9.17) is 0 Å². The summed E-state index contributed by atoms with van der Waals surface area (Å²) in [5.74, 6) is 0.0845. The number of nitrogens with one attached hydrogen (secondary N) is 2. The predicted molar refractivity (Wildman–Crippen MR) is 71.8 cm³/mol. The maximum absolute atomic E-state index is 11.9. The zero-order valence-corrected chi connectivity index (χ0v) is 10.8. The highest BCUT2D eigenvalue weighted by Gasteiger charge is 2.08. The number of rotatable bonds is 5. The normalized spacial score (nSPS) is 11.8. The number of hydrogen-bond donors (Lipinski definition) is 2. The molecule has 7 heteroatoms. The van der Waals surface area contributed by atoms with Crippen LogP contribution in [0.5, 0.6) is 0 Å². The summed E-state index contributed by atoms with van der Waals surface area (Å²) in [6.45, 7) is 3.37. The molecule has 0 aliphatic rings. The van der Waals surface area contributed by atoms with Crippen LogP contribution in [0.3, 0.4) is 0 Å². The molecule has 1 aromatic carbocycles. The number of benzene rings is 1. The molecule has 0 aliphatic heterocycles. The molecule has 0 spiro atoms. The molecule has 0 saturated carbocycles. The van der Waals surface area contributed by atoms with Crippen molar-refractivity contribution in [2.45, 2.75) is 10.8 Å². The summed E-state index contributed by atoms with van der Waals surface area (Å²) >= 11 is 0. The summed E-state index contributed by atoms with van der Waals surface area (Å²) in [6, 6.07) is 7.10. The lowest BCUT2D eigenvalue weighted by atomic mass is 10.2. The van der Waals surface area contributed by atoms with Crippen molar-refractivity contribution in [3.05, 3.63) is 48.7 Å². The molecule has 1 aromatic heterocycles. The average Bonchev–Trinajstić information content (AvgIpc) is 2.95. The van der Waals surface area contributed by atoms with E-state index in [-0.39, 0.29) is 5.91 Å². The van der Waals surface area contributed by atoms with E-state index in [0.29, 0.717) is 16.5 Å². The Labute approximate surface area is 112 Å². The van der Waals surface area contributed by atoms with Gasteiger partial charge >= 0.3 is 0 Å². The molecule has 1 atom stereocenters. The molecular weight excluding hydrogens is 264 g/mol. The predicted octanol–water partition coefficient (Wildman–Crippen LogP) is 1.24. The van der Waals surface area contributed by atoms with E-state index in [9.17, 15) is 9.00 Å². The van der Waals surface area contributed by atoms with Gasteiger partial charge in [-0.25, -0.2) is 0 Å². The summed E-state index contributed by atoms with van der Waals surface area (Å²) in [5, 5.41) is 12.9. The standard InChI is InChI=1S/C12H12N4O2S/c1-2-11(17)14-10-5-3-9(4-6-10)8-19(18)12-7-13-16-15-12/h2-7H,1,8H2,(H,14,17)(H,13,15,16). The number of carbonyl (C=O) groups excluding carboxylic acids is 1. The van der Waals surface area contributed by atoms with Gasteiger partial charge in [0, 0.05) is 5.69 Å². The quantitative estimate of drug-likeness (QED) is 0.804. The van der Waals surface area contributed by atoms with E-state index in [0.717, 1.165) is 5.56 Å². The zero-order chi connectivity index (χ0) is 13.7. The van der Waals surface area contributed by atoms with E-state index in [1.807, 2.05) is 0 Å². The van der Waals surface area contributed by atoms with Crippen LogP contribution < -0.4 is 5.32 Å². The van der Waals surface area contributed by atoms with Gasteiger partial charge in [-0.1, -0.05) is 18.7 Å². The van der Waals surface area contributed by atoms with Crippen LogP contribution in [0.1, 0.15) is 5.56 Å². The average molecular weight is 276 g/mol. The van der Waals surface area contributed by atoms with Gasteiger partial charge in [0.15, 0.2) is 5.03 Å². The van der Waals surface area contributed by atoms with Crippen LogP contribution in [0.25, 0.3) is 0 Å². The minimum Gasteiger partial charge on any atom is -0.323 e. The third kappa shape index (κ3) is 3.59. The molecule has 0 saturated heterocycles. The number of aromatic amines is 1. The number of H-pyrrole nitrogens is 1. The molecule has 0 radical (unpaired) electrons. The number of hydrogen-bond acceptors (Lipinski definition) is 4. The minimum atomic E-state index is -1.23. The Hall–Kier alpha value is -2.28. The zero-order valence-electron chi connectivity index (χ0n) is 10.00. The second kappa shape index (κ2) is 6.05. The van der Waals surface area contributed by atoms with Crippen molar-refractivity contribution in [3.63, 3.8) is 0 Å². The molecule has 19 heavy (non-hydrogen) atoms. The van der Waals surface area contributed by atoms with E-state index in [2.05, 4.69) is 27.3 Å². The van der Waals surface area contributed by atoms with Gasteiger partial charge in [-0.15, -0.1) is 5.10 Å². The molecule has 0 aliphatic carbocycles. The van der Waals surface area contributed by atoms with Gasteiger partial charge in [0.2, 0.25) is 5.91 Å². The molecule has 1 unspecified atom stereocenters. The molecule has 0 fully saturated rings. The molecule has 0 bridgehead atoms. The lowest BCUT2D eigenvalue weighted by Crippen LogP contribution is -2.07. The molecule has 2 rings (SSSR count). The summed E-state index contributed by atoms with van der Waals surface area (Å²) < 4.78 is 11.9. The molecule has 6 nitrogen and oxygen atoms in total. The van der Waals surface area contributed by atoms with Gasteiger partial charge in [0.1, 0.15) is 0 Å². The second-order valence-corrected chi connectivity index (χ2v) is 5.09. The van der Waals surface area contributed by atoms with Crippen LogP contribution in [-0.2, 0) is 21.3 Å². The van der Waals surface area contributed by atoms with Crippen LogP contribution in [0.2, 0.25) is 0 Å². The van der Waals surface area contributed by atoms with Crippen molar-refractivity contribution >= 4 is 22.4 Å². The third-order valence-corrected chi connectivity index (χ3v) is 3.59. The monoisotopic (exact) mass is 276 g/mol. The van der Waals surface area contributed by atoms with E-state index >= 15 is 0 Å². The number of carbonyl (C=O) groups is 1. The van der Waals surface area contributed by atoms with Crippen LogP contribution in [0.4, 0.5) is 5.69 Å². The maximum Gasteiger partial charge on any atom is 0.247 e. The van der Waals surface area contributed by atoms with Crippen molar-refractivity contribution in [3.8, 4) is 0 Å². The lowest BCUT2D eigenvalue weighted by molar-refractivity contribution is -0.111. The van der Waals surface area contributed by atoms with Gasteiger partial charge in [0.25, 0.3) is 0 Å². The fourth-order valence-electron chi connectivity index (χ4n) is 1.40. The fraction of sp³-hybridized carbons (Fsp3) is 0.0833. The summed E-state index contributed by atoms with van der Waals surface area (Å²) in [5.41, 5.74) is 1.55. The van der Waals surface area contributed by atoms with Gasteiger partial charge in [-0.2, -0.15) is 10.3 Å². The number of amides is 1. The SMILES string of the molecule is C=CC(=O)Nc1ccc(CS(=O)c2cn[nH]n2)cc1. The Balaban J connectivity index is 2.01. The Morgan fingerprint density at radius 3 is 2.74 bits per heavy atom. The first kappa shape index (κ1) is 13.2. The van der Waals surface area contributed by atoms with Gasteiger partial charge < -0.3 is 5.32 Å². The Bertz CT molecular complexity index is 593.